The number of methoxy groups -OCH3 is 2. The Labute approximate surface area is 196 Å². The van der Waals surface area contributed by atoms with Crippen LogP contribution in [0, 0.1) is 0 Å². The van der Waals surface area contributed by atoms with Gasteiger partial charge in [-0.1, -0.05) is 60.7 Å². The second kappa shape index (κ2) is 9.07. The predicted molar refractivity (Wildman–Crippen MR) is 131 cm³/mol. The lowest BCUT2D eigenvalue weighted by Gasteiger charge is -2.11. The topological polar surface area (TPSA) is 77.8 Å². The summed E-state index contributed by atoms with van der Waals surface area (Å²) in [6.07, 6.45) is 1.54. The Morgan fingerprint density at radius 1 is 0.824 bits per heavy atom. The summed E-state index contributed by atoms with van der Waals surface area (Å²) in [5, 5.41) is 7.42. The van der Waals surface area contributed by atoms with E-state index >= 15 is 0 Å². The molecule has 7 nitrogen and oxygen atoms in total. The number of ether oxygens (including phenoxy) is 2. The van der Waals surface area contributed by atoms with E-state index in [4.69, 9.17) is 14.5 Å². The molecule has 0 atom stereocenters. The van der Waals surface area contributed by atoms with Crippen LogP contribution >= 0.6 is 0 Å². The third kappa shape index (κ3) is 3.95. The molecule has 0 fully saturated rings. The van der Waals surface area contributed by atoms with Crippen LogP contribution in [0.25, 0.3) is 28.2 Å². The number of aromatic nitrogens is 3. The fourth-order valence-electron chi connectivity index (χ4n) is 3.81. The number of hydrogen-bond acceptors (Lipinski definition) is 5. The van der Waals surface area contributed by atoms with Gasteiger partial charge >= 0.3 is 0 Å². The molecule has 0 radical (unpaired) electrons. The van der Waals surface area contributed by atoms with E-state index < -0.39 is 0 Å². The van der Waals surface area contributed by atoms with E-state index in [0.717, 1.165) is 22.5 Å². The van der Waals surface area contributed by atoms with E-state index in [1.165, 1.54) is 0 Å². The van der Waals surface area contributed by atoms with Crippen molar-refractivity contribution in [1.29, 1.82) is 0 Å². The average molecular weight is 450 g/mol. The predicted octanol–water partition coefficient (Wildman–Crippen LogP) is 5.33. The summed E-state index contributed by atoms with van der Waals surface area (Å²) in [7, 11) is 3.12. The Bertz CT molecular complexity index is 1460. The molecule has 168 valence electrons. The van der Waals surface area contributed by atoms with Crippen LogP contribution in [-0.2, 0) is 0 Å². The van der Waals surface area contributed by atoms with Gasteiger partial charge in [0, 0.05) is 22.9 Å². The van der Waals surface area contributed by atoms with Gasteiger partial charge in [0.25, 0.3) is 5.91 Å². The van der Waals surface area contributed by atoms with Crippen molar-refractivity contribution in [3.63, 3.8) is 0 Å². The summed E-state index contributed by atoms with van der Waals surface area (Å²) in [5.74, 6) is 0.785. The molecule has 3 aromatic carbocycles. The number of anilines is 1. The Hall–Kier alpha value is -4.65. The van der Waals surface area contributed by atoms with Crippen molar-refractivity contribution in [1.82, 2.24) is 14.6 Å². The molecule has 0 aliphatic heterocycles. The molecule has 7 heteroatoms. The zero-order chi connectivity index (χ0) is 23.5. The van der Waals surface area contributed by atoms with Crippen molar-refractivity contribution in [3.8, 4) is 34.0 Å². The summed E-state index contributed by atoms with van der Waals surface area (Å²) >= 11 is 0. The van der Waals surface area contributed by atoms with Gasteiger partial charge in [-0.2, -0.15) is 5.10 Å². The Balaban J connectivity index is 1.60. The molecule has 5 aromatic rings. The maximum Gasteiger partial charge on any atom is 0.261 e. The molecule has 34 heavy (non-hydrogen) atoms. The van der Waals surface area contributed by atoms with E-state index in [2.05, 4.69) is 10.4 Å². The van der Waals surface area contributed by atoms with Crippen molar-refractivity contribution in [2.75, 3.05) is 19.5 Å². The lowest BCUT2D eigenvalue weighted by Crippen LogP contribution is -2.12. The maximum absolute atomic E-state index is 13.3. The standard InChI is InChI=1S/C27H22N4O3/c1-33-24-14-13-20(15-25(24)34-2)29-27(32)21-17-28-31-23(19-11-7-4-8-12-19)16-22(30-26(21)31)18-9-5-3-6-10-18/h3-17H,1-2H3,(H,29,32). The lowest BCUT2D eigenvalue weighted by molar-refractivity contribution is 0.102. The number of benzene rings is 3. The Kier molecular flexibility index (Phi) is 5.66. The minimum atomic E-state index is -0.320. The third-order valence-corrected chi connectivity index (χ3v) is 5.50. The van der Waals surface area contributed by atoms with Crippen molar-refractivity contribution in [2.24, 2.45) is 0 Å². The molecule has 0 spiro atoms. The highest BCUT2D eigenvalue weighted by Crippen LogP contribution is 2.31. The van der Waals surface area contributed by atoms with Crippen LogP contribution in [0.3, 0.4) is 0 Å². The molecule has 0 unspecified atom stereocenters. The first kappa shape index (κ1) is 21.2. The van der Waals surface area contributed by atoms with E-state index in [1.807, 2.05) is 66.7 Å². The molecule has 0 aliphatic carbocycles. The van der Waals surface area contributed by atoms with Gasteiger partial charge in [-0.3, -0.25) is 4.79 Å². The van der Waals surface area contributed by atoms with Crippen molar-refractivity contribution in [2.45, 2.75) is 0 Å². The molecule has 1 N–H and O–H groups in total. The minimum absolute atomic E-state index is 0.320. The summed E-state index contributed by atoms with van der Waals surface area (Å²) in [5.41, 5.74) is 4.94. The Morgan fingerprint density at radius 3 is 2.18 bits per heavy atom. The van der Waals surface area contributed by atoms with Crippen LogP contribution in [0.5, 0.6) is 11.5 Å². The number of fused-ring (bicyclic) bond motifs is 1. The molecule has 0 bridgehead atoms. The monoisotopic (exact) mass is 450 g/mol. The molecular formula is C27H22N4O3. The molecule has 5 rings (SSSR count). The van der Waals surface area contributed by atoms with Gasteiger partial charge in [-0.15, -0.1) is 0 Å². The number of carbonyl (C=O) groups is 1. The second-order valence-corrected chi connectivity index (χ2v) is 7.58. The van der Waals surface area contributed by atoms with Crippen LogP contribution in [0.4, 0.5) is 5.69 Å². The van der Waals surface area contributed by atoms with Crippen molar-refractivity contribution >= 4 is 17.2 Å². The molecule has 2 heterocycles. The highest BCUT2D eigenvalue weighted by atomic mass is 16.5. The molecule has 0 saturated carbocycles. The summed E-state index contributed by atoms with van der Waals surface area (Å²) in [6.45, 7) is 0. The van der Waals surface area contributed by atoms with Gasteiger partial charge in [-0.25, -0.2) is 9.50 Å². The number of rotatable bonds is 6. The van der Waals surface area contributed by atoms with Gasteiger partial charge in [0.2, 0.25) is 0 Å². The summed E-state index contributed by atoms with van der Waals surface area (Å²) < 4.78 is 12.3. The highest BCUT2D eigenvalue weighted by molar-refractivity contribution is 6.08. The fraction of sp³-hybridized carbons (Fsp3) is 0.0741. The average Bonchev–Trinajstić information content (AvgIpc) is 3.33. The number of amides is 1. The third-order valence-electron chi connectivity index (χ3n) is 5.50. The molecule has 2 aromatic heterocycles. The SMILES string of the molecule is COc1ccc(NC(=O)c2cnn3c(-c4ccccc4)cc(-c4ccccc4)nc23)cc1OC. The van der Waals surface area contributed by atoms with Gasteiger partial charge in [0.1, 0.15) is 5.56 Å². The van der Waals surface area contributed by atoms with E-state index in [1.54, 1.807) is 43.1 Å². The smallest absolute Gasteiger partial charge is 0.261 e. The van der Waals surface area contributed by atoms with Gasteiger partial charge in [0.15, 0.2) is 17.1 Å². The quantitative estimate of drug-likeness (QED) is 0.378. The number of hydrogen-bond donors (Lipinski definition) is 1. The van der Waals surface area contributed by atoms with Crippen molar-refractivity contribution < 1.29 is 14.3 Å². The minimum Gasteiger partial charge on any atom is -0.493 e. The van der Waals surface area contributed by atoms with Crippen LogP contribution < -0.4 is 14.8 Å². The van der Waals surface area contributed by atoms with Gasteiger partial charge in [0.05, 0.1) is 31.8 Å². The van der Waals surface area contributed by atoms with Gasteiger partial charge < -0.3 is 14.8 Å². The van der Waals surface area contributed by atoms with Crippen LogP contribution in [0.1, 0.15) is 10.4 Å². The van der Waals surface area contributed by atoms with E-state index in [0.29, 0.717) is 28.4 Å². The van der Waals surface area contributed by atoms with Crippen molar-refractivity contribution in [3.05, 3.63) is 96.7 Å². The van der Waals surface area contributed by atoms with Crippen LogP contribution in [0.2, 0.25) is 0 Å². The van der Waals surface area contributed by atoms with E-state index in [9.17, 15) is 4.79 Å². The molecular weight excluding hydrogens is 428 g/mol. The Morgan fingerprint density at radius 2 is 1.50 bits per heavy atom. The first-order valence-corrected chi connectivity index (χ1v) is 10.7. The van der Waals surface area contributed by atoms with E-state index in [-0.39, 0.29) is 5.91 Å². The highest BCUT2D eigenvalue weighted by Gasteiger charge is 2.19. The zero-order valence-electron chi connectivity index (χ0n) is 18.7. The molecule has 0 aliphatic rings. The largest absolute Gasteiger partial charge is 0.493 e. The normalized spacial score (nSPS) is 10.8. The zero-order valence-corrected chi connectivity index (χ0v) is 18.7. The lowest BCUT2D eigenvalue weighted by atomic mass is 10.1. The molecule has 0 saturated heterocycles. The first-order chi connectivity index (χ1) is 16.7. The summed E-state index contributed by atoms with van der Waals surface area (Å²) in [6, 6.07) is 27.0. The summed E-state index contributed by atoms with van der Waals surface area (Å²) in [4.78, 5) is 18.1. The number of nitrogens with zero attached hydrogens (tertiary/aromatic N) is 3. The maximum atomic E-state index is 13.3. The number of carbonyl (C=O) groups excluding carboxylic acids is 1. The fourth-order valence-corrected chi connectivity index (χ4v) is 3.81. The second-order valence-electron chi connectivity index (χ2n) is 7.58. The number of nitrogens with one attached hydrogen (secondary N) is 1. The van der Waals surface area contributed by atoms with Crippen LogP contribution in [-0.4, -0.2) is 34.7 Å². The molecule has 1 amide bonds. The van der Waals surface area contributed by atoms with Gasteiger partial charge in [-0.05, 0) is 18.2 Å². The first-order valence-electron chi connectivity index (χ1n) is 10.7. The van der Waals surface area contributed by atoms with Crippen LogP contribution in [0.15, 0.2) is 91.1 Å².